The van der Waals surface area contributed by atoms with Crippen LogP contribution in [0.4, 0.5) is 0 Å². The summed E-state index contributed by atoms with van der Waals surface area (Å²) in [7, 11) is 0. The summed E-state index contributed by atoms with van der Waals surface area (Å²) in [5.41, 5.74) is 0. The van der Waals surface area contributed by atoms with Gasteiger partial charge in [-0.15, -0.1) is 13.2 Å². The highest BCUT2D eigenvalue weighted by atomic mass is 16.1. The smallest absolute Gasteiger partial charge is 0.133 e. The topological polar surface area (TPSA) is 34.1 Å². The molecule has 2 rings (SSSR count). The van der Waals surface area contributed by atoms with Crippen molar-refractivity contribution in [3.8, 4) is 0 Å². The lowest BCUT2D eigenvalue weighted by Crippen LogP contribution is -1.96. The van der Waals surface area contributed by atoms with E-state index in [4.69, 9.17) is 0 Å². The predicted molar refractivity (Wildman–Crippen MR) is 46.7 cm³/mol. The van der Waals surface area contributed by atoms with Crippen molar-refractivity contribution in [1.82, 2.24) is 0 Å². The van der Waals surface area contributed by atoms with Crippen LogP contribution >= 0.6 is 0 Å². The van der Waals surface area contributed by atoms with Crippen LogP contribution < -0.4 is 0 Å². The molecule has 0 atom stereocenters. The fraction of sp³-hybridized carbons (Fsp3) is 0.600. The zero-order valence-electron chi connectivity index (χ0n) is 7.21. The van der Waals surface area contributed by atoms with Crippen LogP contribution in [0.3, 0.4) is 0 Å². The highest BCUT2D eigenvalue weighted by Crippen LogP contribution is 2.40. The highest BCUT2D eigenvalue weighted by Gasteiger charge is 2.40. The fourth-order valence-electron chi connectivity index (χ4n) is 2.15. The van der Waals surface area contributed by atoms with Gasteiger partial charge in [-0.3, -0.25) is 9.59 Å². The Hall–Kier alpha value is -0.920. The highest BCUT2D eigenvalue weighted by molar-refractivity contribution is 5.88. The molecule has 0 radical (unpaired) electrons. The largest absolute Gasteiger partial charge is 0.300 e. The van der Waals surface area contributed by atoms with E-state index in [0.29, 0.717) is 49.1 Å². The first-order chi connectivity index (χ1) is 5.75. The van der Waals surface area contributed by atoms with Gasteiger partial charge in [0.2, 0.25) is 0 Å². The van der Waals surface area contributed by atoms with Gasteiger partial charge in [0.1, 0.15) is 11.6 Å². The Kier molecular flexibility index (Phi) is 2.79. The van der Waals surface area contributed by atoms with Crippen molar-refractivity contribution in [2.75, 3.05) is 0 Å². The molecule has 2 saturated carbocycles. The maximum atomic E-state index is 10.9. The predicted octanol–water partition coefficient (Wildman–Crippen LogP) is 1.75. The quantitative estimate of drug-likeness (QED) is 0.514. The number of ketones is 2. The monoisotopic (exact) mass is 166 g/mol. The second kappa shape index (κ2) is 3.65. The van der Waals surface area contributed by atoms with E-state index in [0.717, 1.165) is 0 Å². The van der Waals surface area contributed by atoms with Crippen molar-refractivity contribution in [2.45, 2.75) is 25.7 Å². The van der Waals surface area contributed by atoms with E-state index < -0.39 is 0 Å². The molecule has 0 saturated heterocycles. The van der Waals surface area contributed by atoms with Crippen molar-refractivity contribution in [3.05, 3.63) is 13.2 Å². The number of hydrogen-bond donors (Lipinski definition) is 0. The van der Waals surface area contributed by atoms with Gasteiger partial charge in [-0.2, -0.15) is 0 Å². The van der Waals surface area contributed by atoms with Crippen molar-refractivity contribution >= 4 is 11.6 Å². The molecule has 0 aromatic carbocycles. The summed E-state index contributed by atoms with van der Waals surface area (Å²) < 4.78 is 0. The Morgan fingerprint density at radius 2 is 1.08 bits per heavy atom. The number of carbonyl (C=O) groups excluding carboxylic acids is 2. The van der Waals surface area contributed by atoms with Crippen LogP contribution in [0.15, 0.2) is 13.2 Å². The first-order valence-corrected chi connectivity index (χ1v) is 4.29. The third kappa shape index (κ3) is 1.63. The van der Waals surface area contributed by atoms with E-state index in [9.17, 15) is 9.59 Å². The molecule has 2 aliphatic carbocycles. The van der Waals surface area contributed by atoms with Crippen LogP contribution in [0.1, 0.15) is 25.7 Å². The minimum atomic E-state index is 0.363. The van der Waals surface area contributed by atoms with Crippen molar-refractivity contribution in [1.29, 1.82) is 0 Å². The average molecular weight is 166 g/mol. The standard InChI is InChI=1S/C8H10O2.C2H4/c9-7-1-5-2-8(10)4-6(5)3-7;1-2/h5-6H,1-4H2;1-2H2. The van der Waals surface area contributed by atoms with E-state index >= 15 is 0 Å². The first-order valence-electron chi connectivity index (χ1n) is 4.29. The van der Waals surface area contributed by atoms with Crippen LogP contribution in [0.5, 0.6) is 0 Å². The lowest BCUT2D eigenvalue weighted by Gasteiger charge is -2.01. The SMILES string of the molecule is C=C.O=C1CC2CC(=O)CC2C1. The molecular weight excluding hydrogens is 152 g/mol. The Balaban J connectivity index is 0.000000336. The molecular formula is C10H14O2. The molecule has 0 N–H and O–H groups in total. The molecule has 0 aromatic heterocycles. The maximum absolute atomic E-state index is 10.9. The van der Waals surface area contributed by atoms with Gasteiger partial charge in [0.05, 0.1) is 0 Å². The lowest BCUT2D eigenvalue weighted by molar-refractivity contribution is -0.119. The molecule has 0 aliphatic heterocycles. The lowest BCUT2D eigenvalue weighted by atomic mass is 10.0. The summed E-state index contributed by atoms with van der Waals surface area (Å²) >= 11 is 0. The third-order valence-corrected chi connectivity index (χ3v) is 2.63. The molecule has 2 fully saturated rings. The summed E-state index contributed by atoms with van der Waals surface area (Å²) in [6, 6.07) is 0. The number of carbonyl (C=O) groups is 2. The van der Waals surface area contributed by atoms with Gasteiger partial charge in [0, 0.05) is 25.7 Å². The Labute approximate surface area is 72.7 Å². The van der Waals surface area contributed by atoms with E-state index in [1.54, 1.807) is 0 Å². The molecule has 0 aromatic rings. The Morgan fingerprint density at radius 1 is 0.833 bits per heavy atom. The van der Waals surface area contributed by atoms with E-state index in [1.165, 1.54) is 0 Å². The van der Waals surface area contributed by atoms with E-state index in [1.807, 2.05) is 0 Å². The fourth-order valence-corrected chi connectivity index (χ4v) is 2.15. The van der Waals surface area contributed by atoms with Crippen molar-refractivity contribution in [2.24, 2.45) is 11.8 Å². The van der Waals surface area contributed by atoms with Crippen LogP contribution in [0.25, 0.3) is 0 Å². The Bertz CT molecular complexity index is 170. The molecule has 0 bridgehead atoms. The van der Waals surface area contributed by atoms with Gasteiger partial charge >= 0.3 is 0 Å². The summed E-state index contributed by atoms with van der Waals surface area (Å²) in [6.07, 6.45) is 2.71. The maximum Gasteiger partial charge on any atom is 0.133 e. The second-order valence-electron chi connectivity index (χ2n) is 3.41. The molecule has 2 heteroatoms. The van der Waals surface area contributed by atoms with Gasteiger partial charge in [0.25, 0.3) is 0 Å². The van der Waals surface area contributed by atoms with Crippen LogP contribution in [0, 0.1) is 11.8 Å². The van der Waals surface area contributed by atoms with Gasteiger partial charge in [0.15, 0.2) is 0 Å². The summed E-state index contributed by atoms with van der Waals surface area (Å²) in [6.45, 7) is 6.00. The van der Waals surface area contributed by atoms with Gasteiger partial charge in [-0.25, -0.2) is 0 Å². The third-order valence-electron chi connectivity index (χ3n) is 2.63. The molecule has 2 nitrogen and oxygen atoms in total. The van der Waals surface area contributed by atoms with Crippen LogP contribution in [-0.2, 0) is 9.59 Å². The molecule has 66 valence electrons. The zero-order chi connectivity index (χ0) is 9.14. The molecule has 12 heavy (non-hydrogen) atoms. The molecule has 0 heterocycles. The molecule has 0 spiro atoms. The number of hydrogen-bond acceptors (Lipinski definition) is 2. The summed E-state index contributed by atoms with van der Waals surface area (Å²) in [5.74, 6) is 1.59. The summed E-state index contributed by atoms with van der Waals surface area (Å²) in [5, 5.41) is 0. The summed E-state index contributed by atoms with van der Waals surface area (Å²) in [4.78, 5) is 21.7. The first kappa shape index (κ1) is 9.17. The normalized spacial score (nSPS) is 32.7. The van der Waals surface area contributed by atoms with Gasteiger partial charge < -0.3 is 0 Å². The molecule has 0 amide bonds. The second-order valence-corrected chi connectivity index (χ2v) is 3.41. The minimum Gasteiger partial charge on any atom is -0.300 e. The van der Waals surface area contributed by atoms with Crippen molar-refractivity contribution < 1.29 is 9.59 Å². The molecule has 2 aliphatic rings. The van der Waals surface area contributed by atoms with E-state index in [2.05, 4.69) is 13.2 Å². The molecule has 0 unspecified atom stereocenters. The van der Waals surface area contributed by atoms with Crippen LogP contribution in [0.2, 0.25) is 0 Å². The Morgan fingerprint density at radius 3 is 1.33 bits per heavy atom. The van der Waals surface area contributed by atoms with E-state index in [-0.39, 0.29) is 0 Å². The zero-order valence-corrected chi connectivity index (χ0v) is 7.21. The minimum absolute atomic E-state index is 0.363. The number of Topliss-reactive ketones (excluding diaryl/α,β-unsaturated/α-hetero) is 2. The van der Waals surface area contributed by atoms with Crippen LogP contribution in [-0.4, -0.2) is 11.6 Å². The average Bonchev–Trinajstić information content (AvgIpc) is 2.48. The van der Waals surface area contributed by atoms with Gasteiger partial charge in [-0.1, -0.05) is 0 Å². The van der Waals surface area contributed by atoms with Crippen molar-refractivity contribution in [3.63, 3.8) is 0 Å². The van der Waals surface area contributed by atoms with Gasteiger partial charge in [-0.05, 0) is 11.8 Å². The number of rotatable bonds is 0. The number of fused-ring (bicyclic) bond motifs is 1.